The van der Waals surface area contributed by atoms with Crippen molar-refractivity contribution in [2.45, 2.75) is 6.54 Å². The summed E-state index contributed by atoms with van der Waals surface area (Å²) in [5, 5.41) is 7.86. The summed E-state index contributed by atoms with van der Waals surface area (Å²) >= 11 is 6.26. The molecule has 1 saturated heterocycles. The van der Waals surface area contributed by atoms with Gasteiger partial charge in [0.15, 0.2) is 0 Å². The Morgan fingerprint density at radius 2 is 1.70 bits per heavy atom. The van der Waals surface area contributed by atoms with Crippen LogP contribution in [0.25, 0.3) is 0 Å². The van der Waals surface area contributed by atoms with Crippen LogP contribution >= 0.6 is 11.6 Å². The minimum Gasteiger partial charge on any atom is -0.351 e. The van der Waals surface area contributed by atoms with Crippen molar-refractivity contribution in [2.75, 3.05) is 36.8 Å². The van der Waals surface area contributed by atoms with E-state index in [-0.39, 0.29) is 5.82 Å². The third-order valence-corrected chi connectivity index (χ3v) is 5.91. The fraction of sp³-hybridized carbons (Fsp3) is 0.208. The fourth-order valence-corrected chi connectivity index (χ4v) is 4.31. The average Bonchev–Trinajstić information content (AvgIpc) is 2.91. The maximum atomic E-state index is 13.5. The SMILES string of the molecule is Fc1cccc(CN2CC[N+](=C3Nc4cc(Cl)ccc4Nc4ccccc43)CC2)c1. The van der Waals surface area contributed by atoms with E-state index in [1.807, 2.05) is 30.3 Å². The molecule has 0 atom stereocenters. The molecule has 0 saturated carbocycles. The topological polar surface area (TPSA) is 30.3 Å². The molecule has 152 valence electrons. The summed E-state index contributed by atoms with van der Waals surface area (Å²) in [5.41, 5.74) is 5.20. The summed E-state index contributed by atoms with van der Waals surface area (Å²) in [6.07, 6.45) is 0. The van der Waals surface area contributed by atoms with Crippen LogP contribution in [0.2, 0.25) is 5.02 Å². The number of nitrogens with zero attached hydrogens (tertiary/aromatic N) is 2. The van der Waals surface area contributed by atoms with Crippen molar-refractivity contribution in [3.05, 3.63) is 88.7 Å². The Morgan fingerprint density at radius 3 is 2.53 bits per heavy atom. The molecular weight excluding hydrogens is 399 g/mol. The number of halogens is 2. The van der Waals surface area contributed by atoms with Gasteiger partial charge in [-0.05, 0) is 42.0 Å². The third kappa shape index (κ3) is 3.91. The van der Waals surface area contributed by atoms with Crippen molar-refractivity contribution in [2.24, 2.45) is 0 Å². The van der Waals surface area contributed by atoms with Crippen LogP contribution in [0, 0.1) is 5.82 Å². The van der Waals surface area contributed by atoms with E-state index in [2.05, 4.69) is 38.3 Å². The molecule has 6 heteroatoms. The first-order chi connectivity index (χ1) is 14.7. The first-order valence-electron chi connectivity index (χ1n) is 10.2. The molecule has 0 spiro atoms. The maximum absolute atomic E-state index is 13.5. The lowest BCUT2D eigenvalue weighted by molar-refractivity contribution is -0.539. The van der Waals surface area contributed by atoms with E-state index in [9.17, 15) is 4.39 Å². The Balaban J connectivity index is 1.42. The number of piperazine rings is 1. The molecule has 0 aromatic heterocycles. The van der Waals surface area contributed by atoms with E-state index in [0.29, 0.717) is 5.02 Å². The standard InChI is InChI=1S/C24H22ClFN4/c25-18-8-9-22-23(15-18)28-24(20-6-1-2-7-21(20)27-22)30-12-10-29(11-13-30)16-17-4-3-5-19(26)14-17/h1-9,14-15H,10-13,16H2,(H,27,28)/p+1. The van der Waals surface area contributed by atoms with Gasteiger partial charge in [0.2, 0.25) is 0 Å². The van der Waals surface area contributed by atoms with Crippen LogP contribution in [0.5, 0.6) is 0 Å². The van der Waals surface area contributed by atoms with Crippen molar-refractivity contribution >= 4 is 34.5 Å². The monoisotopic (exact) mass is 421 g/mol. The molecule has 0 unspecified atom stereocenters. The number of benzene rings is 3. The number of para-hydroxylation sites is 1. The van der Waals surface area contributed by atoms with Crippen molar-refractivity contribution in [3.8, 4) is 0 Å². The van der Waals surface area contributed by atoms with Gasteiger partial charge in [-0.2, -0.15) is 0 Å². The molecule has 2 aliphatic rings. The number of rotatable bonds is 2. The summed E-state index contributed by atoms with van der Waals surface area (Å²) in [5.74, 6) is 0.912. The van der Waals surface area contributed by atoms with Crippen molar-refractivity contribution < 1.29 is 8.97 Å². The van der Waals surface area contributed by atoms with E-state index in [1.165, 1.54) is 6.07 Å². The summed E-state index contributed by atoms with van der Waals surface area (Å²) in [6, 6.07) is 21.1. The van der Waals surface area contributed by atoms with Crippen molar-refractivity contribution in [1.82, 2.24) is 4.90 Å². The Hall–Kier alpha value is -2.89. The number of nitrogens with one attached hydrogen (secondary N) is 2. The van der Waals surface area contributed by atoms with Gasteiger partial charge < -0.3 is 5.32 Å². The van der Waals surface area contributed by atoms with E-state index >= 15 is 0 Å². The van der Waals surface area contributed by atoms with E-state index in [1.54, 1.807) is 12.1 Å². The van der Waals surface area contributed by atoms with Crippen molar-refractivity contribution in [3.63, 3.8) is 0 Å². The lowest BCUT2D eigenvalue weighted by Crippen LogP contribution is -2.45. The van der Waals surface area contributed by atoms with E-state index in [4.69, 9.17) is 11.6 Å². The van der Waals surface area contributed by atoms with Crippen LogP contribution in [-0.2, 0) is 6.54 Å². The van der Waals surface area contributed by atoms with Crippen LogP contribution in [0.4, 0.5) is 21.5 Å². The van der Waals surface area contributed by atoms with Crippen LogP contribution in [0.1, 0.15) is 11.1 Å². The highest BCUT2D eigenvalue weighted by atomic mass is 35.5. The zero-order valence-electron chi connectivity index (χ0n) is 16.5. The second-order valence-corrected chi connectivity index (χ2v) is 8.16. The highest BCUT2D eigenvalue weighted by Gasteiger charge is 2.28. The van der Waals surface area contributed by atoms with Gasteiger partial charge in [-0.25, -0.2) is 9.71 Å². The first kappa shape index (κ1) is 19.1. The second kappa shape index (κ2) is 8.09. The second-order valence-electron chi connectivity index (χ2n) is 7.73. The number of fused-ring (bicyclic) bond motifs is 2. The molecule has 30 heavy (non-hydrogen) atoms. The molecule has 0 aliphatic carbocycles. The lowest BCUT2D eigenvalue weighted by atomic mass is 10.1. The molecular formula is C24H23ClFN4+. The number of amidine groups is 1. The Labute approximate surface area is 180 Å². The van der Waals surface area contributed by atoms with Crippen LogP contribution in [0.15, 0.2) is 66.7 Å². The molecule has 0 radical (unpaired) electrons. The van der Waals surface area contributed by atoms with Crippen LogP contribution < -0.4 is 10.6 Å². The van der Waals surface area contributed by atoms with Crippen LogP contribution in [0.3, 0.4) is 0 Å². The lowest BCUT2D eigenvalue weighted by Gasteiger charge is -2.28. The minimum atomic E-state index is -0.175. The minimum absolute atomic E-state index is 0.175. The van der Waals surface area contributed by atoms with Gasteiger partial charge >= 0.3 is 0 Å². The van der Waals surface area contributed by atoms with Crippen LogP contribution in [-0.4, -0.2) is 41.5 Å². The zero-order chi connectivity index (χ0) is 20.5. The highest BCUT2D eigenvalue weighted by Crippen LogP contribution is 2.34. The Kier molecular flexibility index (Phi) is 5.15. The molecule has 3 aromatic carbocycles. The molecule has 4 nitrogen and oxygen atoms in total. The summed E-state index contributed by atoms with van der Waals surface area (Å²) < 4.78 is 15.9. The number of anilines is 3. The van der Waals surface area contributed by atoms with E-state index in [0.717, 1.165) is 66.7 Å². The quantitative estimate of drug-likeness (QED) is 0.575. The predicted molar refractivity (Wildman–Crippen MR) is 121 cm³/mol. The fourth-order valence-electron chi connectivity index (χ4n) is 4.14. The summed E-state index contributed by atoms with van der Waals surface area (Å²) in [4.78, 5) is 2.37. The van der Waals surface area contributed by atoms with Gasteiger partial charge in [0.05, 0.1) is 30.0 Å². The molecule has 0 bridgehead atoms. The molecule has 2 aliphatic heterocycles. The maximum Gasteiger partial charge on any atom is 0.284 e. The number of hydrogen-bond donors (Lipinski definition) is 2. The van der Waals surface area contributed by atoms with Gasteiger partial charge in [-0.3, -0.25) is 9.48 Å². The third-order valence-electron chi connectivity index (χ3n) is 5.67. The molecule has 0 amide bonds. The zero-order valence-corrected chi connectivity index (χ0v) is 17.3. The van der Waals surface area contributed by atoms with Gasteiger partial charge in [-0.1, -0.05) is 35.9 Å². The Bertz CT molecular complexity index is 1120. The van der Waals surface area contributed by atoms with Gasteiger partial charge in [0.25, 0.3) is 5.84 Å². The van der Waals surface area contributed by atoms with Crippen molar-refractivity contribution in [1.29, 1.82) is 0 Å². The first-order valence-corrected chi connectivity index (χ1v) is 10.6. The van der Waals surface area contributed by atoms with Gasteiger partial charge in [0, 0.05) is 30.7 Å². The molecule has 1 fully saturated rings. The molecule has 5 rings (SSSR count). The smallest absolute Gasteiger partial charge is 0.284 e. The van der Waals surface area contributed by atoms with Gasteiger partial charge in [0.1, 0.15) is 11.5 Å². The molecule has 2 heterocycles. The molecule has 3 aromatic rings. The largest absolute Gasteiger partial charge is 0.351 e. The predicted octanol–water partition coefficient (Wildman–Crippen LogP) is 4.92. The number of hydrogen-bond acceptors (Lipinski definition) is 2. The van der Waals surface area contributed by atoms with Gasteiger partial charge in [-0.15, -0.1) is 0 Å². The Morgan fingerprint density at radius 1 is 0.867 bits per heavy atom. The summed E-state index contributed by atoms with van der Waals surface area (Å²) in [7, 11) is 0. The summed E-state index contributed by atoms with van der Waals surface area (Å²) in [6.45, 7) is 4.38. The van der Waals surface area contributed by atoms with E-state index < -0.39 is 0 Å². The normalized spacial score (nSPS) is 16.2. The average molecular weight is 422 g/mol. The molecule has 2 N–H and O–H groups in total. The highest BCUT2D eigenvalue weighted by molar-refractivity contribution is 6.31.